The summed E-state index contributed by atoms with van der Waals surface area (Å²) in [5.74, 6) is 3.49. The van der Waals surface area contributed by atoms with Crippen LogP contribution in [0.3, 0.4) is 0 Å². The average Bonchev–Trinajstić information content (AvgIpc) is 2.37. The molecule has 92 valence electrons. The van der Waals surface area contributed by atoms with Gasteiger partial charge in [0.2, 0.25) is 0 Å². The molecular formula is C11H13BrN2OS2. The van der Waals surface area contributed by atoms with E-state index in [1.54, 1.807) is 18.5 Å². The van der Waals surface area contributed by atoms with Crippen LogP contribution in [0.5, 0.6) is 0 Å². The van der Waals surface area contributed by atoms with Crippen LogP contribution in [0.25, 0.3) is 0 Å². The van der Waals surface area contributed by atoms with Gasteiger partial charge >= 0.3 is 0 Å². The molecule has 1 amide bonds. The van der Waals surface area contributed by atoms with Crippen molar-refractivity contribution in [3.63, 3.8) is 0 Å². The summed E-state index contributed by atoms with van der Waals surface area (Å²) in [7, 11) is 0. The summed E-state index contributed by atoms with van der Waals surface area (Å²) >= 11 is 7.21. The molecule has 6 heteroatoms. The molecule has 1 atom stereocenters. The molecule has 3 nitrogen and oxygen atoms in total. The second kappa shape index (κ2) is 6.66. The van der Waals surface area contributed by atoms with Crippen molar-refractivity contribution in [3.8, 4) is 0 Å². The summed E-state index contributed by atoms with van der Waals surface area (Å²) in [6, 6.07) is 1.78. The maximum absolute atomic E-state index is 11.9. The van der Waals surface area contributed by atoms with E-state index < -0.39 is 0 Å². The van der Waals surface area contributed by atoms with E-state index in [-0.39, 0.29) is 5.91 Å². The van der Waals surface area contributed by atoms with Crippen LogP contribution in [-0.4, -0.2) is 39.9 Å². The molecule has 1 N–H and O–H groups in total. The van der Waals surface area contributed by atoms with Gasteiger partial charge in [-0.1, -0.05) is 0 Å². The lowest BCUT2D eigenvalue weighted by Gasteiger charge is -2.21. The van der Waals surface area contributed by atoms with Gasteiger partial charge in [-0.25, -0.2) is 0 Å². The smallest absolute Gasteiger partial charge is 0.252 e. The van der Waals surface area contributed by atoms with Gasteiger partial charge < -0.3 is 5.32 Å². The van der Waals surface area contributed by atoms with Crippen LogP contribution in [-0.2, 0) is 0 Å². The zero-order valence-corrected chi connectivity index (χ0v) is 12.4. The molecule has 2 heterocycles. The van der Waals surface area contributed by atoms with Crippen molar-refractivity contribution in [3.05, 3.63) is 28.5 Å². The maximum atomic E-state index is 11.9. The molecule has 0 spiro atoms. The zero-order valence-electron chi connectivity index (χ0n) is 9.19. The number of nitrogens with one attached hydrogen (secondary N) is 1. The molecule has 0 radical (unpaired) electrons. The van der Waals surface area contributed by atoms with Gasteiger partial charge in [0, 0.05) is 45.9 Å². The Morgan fingerprint density at radius 2 is 2.41 bits per heavy atom. The molecule has 1 aromatic heterocycles. The molecule has 0 saturated carbocycles. The Balaban J connectivity index is 1.84. The summed E-state index contributed by atoms with van der Waals surface area (Å²) in [5.41, 5.74) is 0.604. The minimum atomic E-state index is -0.0463. The fourth-order valence-corrected chi connectivity index (χ4v) is 4.48. The normalized spacial score (nSPS) is 19.9. The second-order valence-electron chi connectivity index (χ2n) is 3.67. The van der Waals surface area contributed by atoms with E-state index >= 15 is 0 Å². The fraction of sp³-hybridized carbons (Fsp3) is 0.455. The first-order valence-corrected chi connectivity index (χ1v) is 8.33. The highest BCUT2D eigenvalue weighted by Gasteiger charge is 2.15. The molecule has 17 heavy (non-hydrogen) atoms. The van der Waals surface area contributed by atoms with E-state index in [0.717, 1.165) is 16.8 Å². The number of amides is 1. The first kappa shape index (κ1) is 13.2. The number of rotatable bonds is 3. The molecule has 1 aliphatic rings. The highest BCUT2D eigenvalue weighted by atomic mass is 79.9. The molecule has 0 aliphatic carbocycles. The van der Waals surface area contributed by atoms with E-state index in [4.69, 9.17) is 0 Å². The van der Waals surface area contributed by atoms with Gasteiger partial charge in [0.1, 0.15) is 0 Å². The standard InChI is InChI=1S/C11H13BrN2OS2/c12-9-3-8(4-13-5-9)11(15)14-6-10-7-16-1-2-17-10/h3-5,10H,1-2,6-7H2,(H,14,15)/t10-/m0/s1. The highest BCUT2D eigenvalue weighted by molar-refractivity contribution is 9.10. The van der Waals surface area contributed by atoms with Crippen molar-refractivity contribution >= 4 is 45.4 Å². The van der Waals surface area contributed by atoms with E-state index in [1.165, 1.54) is 11.5 Å². The number of halogens is 1. The Hall–Kier alpha value is -0.200. The first-order valence-electron chi connectivity index (χ1n) is 5.34. The van der Waals surface area contributed by atoms with Crippen molar-refractivity contribution in [1.82, 2.24) is 10.3 Å². The Bertz CT molecular complexity index is 397. The quantitative estimate of drug-likeness (QED) is 0.923. The van der Waals surface area contributed by atoms with Gasteiger partial charge in [-0.15, -0.1) is 0 Å². The molecule has 2 rings (SSSR count). The second-order valence-corrected chi connectivity index (χ2v) is 7.14. The van der Waals surface area contributed by atoms with Crippen LogP contribution in [0, 0.1) is 0 Å². The Morgan fingerprint density at radius 1 is 1.53 bits per heavy atom. The SMILES string of the molecule is O=C(NC[C@H]1CSCCS1)c1cncc(Br)c1. The van der Waals surface area contributed by atoms with E-state index in [0.29, 0.717) is 10.8 Å². The number of hydrogen-bond acceptors (Lipinski definition) is 4. The van der Waals surface area contributed by atoms with Gasteiger partial charge in [0.25, 0.3) is 5.91 Å². The van der Waals surface area contributed by atoms with Gasteiger partial charge in [0.05, 0.1) is 5.56 Å². The van der Waals surface area contributed by atoms with E-state index in [1.807, 2.05) is 23.5 Å². The molecule has 0 unspecified atom stereocenters. The van der Waals surface area contributed by atoms with Gasteiger partial charge in [-0.3, -0.25) is 9.78 Å². The summed E-state index contributed by atoms with van der Waals surface area (Å²) in [6.45, 7) is 0.739. The summed E-state index contributed by atoms with van der Waals surface area (Å²) in [6.07, 6.45) is 3.26. The number of pyridine rings is 1. The summed E-state index contributed by atoms with van der Waals surface area (Å²) < 4.78 is 0.827. The molecule has 1 aliphatic heterocycles. The van der Waals surface area contributed by atoms with Crippen molar-refractivity contribution in [2.24, 2.45) is 0 Å². The molecule has 0 bridgehead atoms. The minimum absolute atomic E-state index is 0.0463. The molecule has 1 saturated heterocycles. The van der Waals surface area contributed by atoms with Crippen molar-refractivity contribution in [2.45, 2.75) is 5.25 Å². The third kappa shape index (κ3) is 4.19. The Kier molecular flexibility index (Phi) is 5.18. The fourth-order valence-electron chi connectivity index (χ4n) is 1.50. The van der Waals surface area contributed by atoms with Crippen LogP contribution in [0.15, 0.2) is 22.9 Å². The maximum Gasteiger partial charge on any atom is 0.252 e. The summed E-state index contributed by atoms with van der Waals surface area (Å²) in [5, 5.41) is 3.50. The molecule has 0 aromatic carbocycles. The number of thioether (sulfide) groups is 2. The largest absolute Gasteiger partial charge is 0.351 e. The van der Waals surface area contributed by atoms with Gasteiger partial charge in [0.15, 0.2) is 0 Å². The van der Waals surface area contributed by atoms with Crippen LogP contribution in [0.2, 0.25) is 0 Å². The van der Waals surface area contributed by atoms with Crippen LogP contribution in [0.4, 0.5) is 0 Å². The predicted molar refractivity (Wildman–Crippen MR) is 77.8 cm³/mol. The lowest BCUT2D eigenvalue weighted by molar-refractivity contribution is 0.0954. The Morgan fingerprint density at radius 3 is 3.12 bits per heavy atom. The highest BCUT2D eigenvalue weighted by Crippen LogP contribution is 2.23. The lowest BCUT2D eigenvalue weighted by Crippen LogP contribution is -2.33. The third-order valence-electron chi connectivity index (χ3n) is 2.34. The number of carbonyl (C=O) groups excluding carboxylic acids is 1. The molecular weight excluding hydrogens is 320 g/mol. The first-order chi connectivity index (χ1) is 8.25. The van der Waals surface area contributed by atoms with Crippen LogP contribution < -0.4 is 5.32 Å². The van der Waals surface area contributed by atoms with E-state index in [9.17, 15) is 4.79 Å². The number of carbonyl (C=O) groups is 1. The van der Waals surface area contributed by atoms with Crippen LogP contribution in [0.1, 0.15) is 10.4 Å². The molecule has 1 fully saturated rings. The minimum Gasteiger partial charge on any atom is -0.351 e. The third-order valence-corrected chi connectivity index (χ3v) is 5.62. The number of hydrogen-bond donors (Lipinski definition) is 1. The van der Waals surface area contributed by atoms with Gasteiger partial charge in [-0.2, -0.15) is 23.5 Å². The monoisotopic (exact) mass is 332 g/mol. The van der Waals surface area contributed by atoms with Gasteiger partial charge in [-0.05, 0) is 22.0 Å². The lowest BCUT2D eigenvalue weighted by atomic mass is 10.2. The van der Waals surface area contributed by atoms with Crippen molar-refractivity contribution in [2.75, 3.05) is 23.8 Å². The molecule has 1 aromatic rings. The van der Waals surface area contributed by atoms with Crippen LogP contribution >= 0.6 is 39.5 Å². The average molecular weight is 333 g/mol. The summed E-state index contributed by atoms with van der Waals surface area (Å²) in [4.78, 5) is 15.8. The van der Waals surface area contributed by atoms with E-state index in [2.05, 4.69) is 26.2 Å². The Labute approximate surface area is 118 Å². The predicted octanol–water partition coefficient (Wildman–Crippen LogP) is 2.42. The number of nitrogens with zero attached hydrogens (tertiary/aromatic N) is 1. The van der Waals surface area contributed by atoms with Crippen molar-refractivity contribution in [1.29, 1.82) is 0 Å². The van der Waals surface area contributed by atoms with Crippen molar-refractivity contribution < 1.29 is 4.79 Å². The number of aromatic nitrogens is 1. The topological polar surface area (TPSA) is 42.0 Å². The zero-order chi connectivity index (χ0) is 12.1.